The van der Waals surface area contributed by atoms with Crippen LogP contribution in [0.2, 0.25) is 0 Å². The van der Waals surface area contributed by atoms with Crippen LogP contribution >= 0.6 is 24.0 Å². The molecule has 0 bridgehead atoms. The van der Waals surface area contributed by atoms with Gasteiger partial charge in [-0.3, -0.25) is 4.79 Å². The lowest BCUT2D eigenvalue weighted by molar-refractivity contribution is -0.133. The average molecular weight is 232 g/mol. The smallest absolute Gasteiger partial charge is 0.232 e. The third kappa shape index (κ3) is 2.60. The first-order valence-electron chi connectivity index (χ1n) is 4.67. The van der Waals surface area contributed by atoms with E-state index in [0.29, 0.717) is 6.04 Å². The van der Waals surface area contributed by atoms with Gasteiger partial charge in [-0.1, -0.05) is 12.2 Å². The van der Waals surface area contributed by atoms with E-state index in [1.165, 1.54) is 0 Å². The van der Waals surface area contributed by atoms with E-state index < -0.39 is 0 Å². The Hall–Kier alpha value is -0.290. The third-order valence-electron chi connectivity index (χ3n) is 2.60. The predicted octanol–water partition coefficient (Wildman–Crippen LogP) is 0.873. The summed E-state index contributed by atoms with van der Waals surface area (Å²) >= 11 is 6.70. The van der Waals surface area contributed by atoms with Gasteiger partial charge in [0.1, 0.15) is 0 Å². The van der Waals surface area contributed by atoms with Gasteiger partial charge in [-0.05, 0) is 19.1 Å². The highest BCUT2D eigenvalue weighted by molar-refractivity contribution is 7.99. The molecule has 1 amide bonds. The van der Waals surface area contributed by atoms with Crippen molar-refractivity contribution in [1.82, 2.24) is 4.90 Å². The van der Waals surface area contributed by atoms with Gasteiger partial charge in [-0.15, -0.1) is 0 Å². The average Bonchev–Trinajstić information content (AvgIpc) is 2.67. The lowest BCUT2D eigenvalue weighted by Crippen LogP contribution is -2.43. The molecule has 1 aliphatic heterocycles. The van der Waals surface area contributed by atoms with Crippen LogP contribution in [0.1, 0.15) is 13.3 Å². The molecule has 0 spiro atoms. The lowest BCUT2D eigenvalue weighted by atomic mass is 10.1. The van der Waals surface area contributed by atoms with Crippen LogP contribution in [0.4, 0.5) is 0 Å². The molecule has 1 aliphatic rings. The largest absolute Gasteiger partial charge is 0.393 e. The van der Waals surface area contributed by atoms with E-state index in [2.05, 4.69) is 0 Å². The van der Waals surface area contributed by atoms with Crippen LogP contribution in [-0.2, 0) is 4.79 Å². The molecule has 3 nitrogen and oxygen atoms in total. The maximum absolute atomic E-state index is 11.8. The summed E-state index contributed by atoms with van der Waals surface area (Å²) < 4.78 is 0. The van der Waals surface area contributed by atoms with Crippen LogP contribution < -0.4 is 5.73 Å². The van der Waals surface area contributed by atoms with E-state index in [9.17, 15) is 4.79 Å². The van der Waals surface area contributed by atoms with Crippen molar-refractivity contribution in [3.8, 4) is 0 Å². The van der Waals surface area contributed by atoms with Gasteiger partial charge in [0.15, 0.2) is 0 Å². The summed E-state index contributed by atoms with van der Waals surface area (Å²) in [7, 11) is 1.84. The van der Waals surface area contributed by atoms with Crippen molar-refractivity contribution in [2.45, 2.75) is 19.4 Å². The van der Waals surface area contributed by atoms with Crippen molar-refractivity contribution >= 4 is 34.9 Å². The zero-order chi connectivity index (χ0) is 10.7. The molecule has 1 rings (SSSR count). The SMILES string of the molecule is CC(C(=O)N(C)C1CCSC1)C(N)=S. The van der Waals surface area contributed by atoms with E-state index in [-0.39, 0.29) is 16.8 Å². The van der Waals surface area contributed by atoms with Gasteiger partial charge in [-0.2, -0.15) is 11.8 Å². The van der Waals surface area contributed by atoms with E-state index >= 15 is 0 Å². The second kappa shape index (κ2) is 4.98. The van der Waals surface area contributed by atoms with Crippen LogP contribution in [0, 0.1) is 5.92 Å². The molecule has 0 saturated carbocycles. The number of thiocarbonyl (C=S) groups is 1. The number of rotatable bonds is 3. The van der Waals surface area contributed by atoms with Gasteiger partial charge >= 0.3 is 0 Å². The van der Waals surface area contributed by atoms with E-state index in [1.807, 2.05) is 18.8 Å². The third-order valence-corrected chi connectivity index (χ3v) is 4.10. The molecule has 80 valence electrons. The standard InChI is InChI=1S/C9H16N2OS2/c1-6(8(10)13)9(12)11(2)7-3-4-14-5-7/h6-7H,3-5H2,1-2H3,(H2,10,13). The van der Waals surface area contributed by atoms with Crippen LogP contribution in [0.15, 0.2) is 0 Å². The van der Waals surface area contributed by atoms with Crippen LogP contribution in [0.3, 0.4) is 0 Å². The summed E-state index contributed by atoms with van der Waals surface area (Å²) in [6, 6.07) is 0.365. The van der Waals surface area contributed by atoms with E-state index in [1.54, 1.807) is 11.8 Å². The Morgan fingerprint density at radius 2 is 2.36 bits per heavy atom. The van der Waals surface area contributed by atoms with Gasteiger partial charge in [-0.25, -0.2) is 0 Å². The van der Waals surface area contributed by atoms with Crippen molar-refractivity contribution in [1.29, 1.82) is 0 Å². The summed E-state index contributed by atoms with van der Waals surface area (Å²) in [4.78, 5) is 13.9. The van der Waals surface area contributed by atoms with Crippen LogP contribution in [0.25, 0.3) is 0 Å². The van der Waals surface area contributed by atoms with Crippen LogP contribution in [0.5, 0.6) is 0 Å². The molecule has 0 aliphatic carbocycles. The minimum absolute atomic E-state index is 0.0463. The number of hydrogen-bond acceptors (Lipinski definition) is 3. The number of carbonyl (C=O) groups excluding carboxylic acids is 1. The maximum Gasteiger partial charge on any atom is 0.232 e. The molecule has 1 fully saturated rings. The molecule has 1 saturated heterocycles. The van der Waals surface area contributed by atoms with Gasteiger partial charge in [0.2, 0.25) is 5.91 Å². The first kappa shape index (κ1) is 11.8. The summed E-state index contributed by atoms with van der Waals surface area (Å²) in [5, 5.41) is 0. The molecular weight excluding hydrogens is 216 g/mol. The Kier molecular flexibility index (Phi) is 4.19. The van der Waals surface area contributed by atoms with Crippen LogP contribution in [-0.4, -0.2) is 40.4 Å². The predicted molar refractivity (Wildman–Crippen MR) is 64.4 cm³/mol. The van der Waals surface area contributed by atoms with Gasteiger partial charge in [0, 0.05) is 18.8 Å². The number of nitrogens with zero attached hydrogens (tertiary/aromatic N) is 1. The van der Waals surface area contributed by atoms with Crippen molar-refractivity contribution in [2.24, 2.45) is 11.7 Å². The minimum atomic E-state index is -0.333. The fourth-order valence-electron chi connectivity index (χ4n) is 1.43. The first-order chi connectivity index (χ1) is 6.54. The molecule has 0 aromatic heterocycles. The maximum atomic E-state index is 11.8. The fourth-order valence-corrected chi connectivity index (χ4v) is 2.80. The molecule has 0 aromatic rings. The van der Waals surface area contributed by atoms with Crippen molar-refractivity contribution in [3.63, 3.8) is 0 Å². The number of hydrogen-bond donors (Lipinski definition) is 1. The quantitative estimate of drug-likeness (QED) is 0.734. The highest BCUT2D eigenvalue weighted by Crippen LogP contribution is 2.22. The zero-order valence-electron chi connectivity index (χ0n) is 8.53. The molecule has 2 N–H and O–H groups in total. The summed E-state index contributed by atoms with van der Waals surface area (Å²) in [5.74, 6) is 1.89. The summed E-state index contributed by atoms with van der Waals surface area (Å²) in [6.07, 6.45) is 1.08. The second-order valence-electron chi connectivity index (χ2n) is 3.59. The zero-order valence-corrected chi connectivity index (χ0v) is 10.2. The molecule has 1 heterocycles. The molecule has 2 atom stereocenters. The second-order valence-corrected chi connectivity index (χ2v) is 5.21. The Labute approximate surface area is 94.4 Å². The minimum Gasteiger partial charge on any atom is -0.393 e. The molecule has 2 unspecified atom stereocenters. The molecule has 0 radical (unpaired) electrons. The normalized spacial score (nSPS) is 23.1. The number of nitrogens with two attached hydrogens (primary N) is 1. The lowest BCUT2D eigenvalue weighted by Gasteiger charge is -2.26. The molecule has 0 aromatic carbocycles. The summed E-state index contributed by atoms with van der Waals surface area (Å²) in [5.41, 5.74) is 5.45. The Balaban J connectivity index is 2.54. The summed E-state index contributed by atoms with van der Waals surface area (Å²) in [6.45, 7) is 1.77. The monoisotopic (exact) mass is 232 g/mol. The topological polar surface area (TPSA) is 46.3 Å². The van der Waals surface area contributed by atoms with Crippen molar-refractivity contribution < 1.29 is 4.79 Å². The van der Waals surface area contributed by atoms with Crippen molar-refractivity contribution in [2.75, 3.05) is 18.6 Å². The van der Waals surface area contributed by atoms with E-state index in [0.717, 1.165) is 17.9 Å². The van der Waals surface area contributed by atoms with Gasteiger partial charge < -0.3 is 10.6 Å². The highest BCUT2D eigenvalue weighted by Gasteiger charge is 2.27. The first-order valence-corrected chi connectivity index (χ1v) is 6.24. The van der Waals surface area contributed by atoms with E-state index in [4.69, 9.17) is 18.0 Å². The fraction of sp³-hybridized carbons (Fsp3) is 0.778. The molecule has 5 heteroatoms. The molecular formula is C9H16N2OS2. The Bertz CT molecular complexity index is 239. The Morgan fingerprint density at radius 1 is 1.71 bits per heavy atom. The number of thioether (sulfide) groups is 1. The highest BCUT2D eigenvalue weighted by atomic mass is 32.2. The Morgan fingerprint density at radius 3 is 2.79 bits per heavy atom. The van der Waals surface area contributed by atoms with Gasteiger partial charge in [0.05, 0.1) is 10.9 Å². The number of amides is 1. The molecule has 14 heavy (non-hydrogen) atoms. The van der Waals surface area contributed by atoms with Gasteiger partial charge in [0.25, 0.3) is 0 Å². The van der Waals surface area contributed by atoms with Crippen molar-refractivity contribution in [3.05, 3.63) is 0 Å². The number of carbonyl (C=O) groups is 1.